The Balaban J connectivity index is 2.22. The molecule has 0 bridgehead atoms. The lowest BCUT2D eigenvalue weighted by molar-refractivity contribution is 0.471. The number of hydrogen-bond acceptors (Lipinski definition) is 2. The van der Waals surface area contributed by atoms with Crippen molar-refractivity contribution in [2.24, 2.45) is 0 Å². The third-order valence-electron chi connectivity index (χ3n) is 3.06. The molecule has 0 heterocycles. The summed E-state index contributed by atoms with van der Waals surface area (Å²) in [4.78, 5) is 0. The number of phenols is 1. The smallest absolute Gasteiger partial charge is 0.131 e. The first-order valence-corrected chi connectivity index (χ1v) is 5.96. The van der Waals surface area contributed by atoms with Crippen LogP contribution in [0.25, 0.3) is 0 Å². The van der Waals surface area contributed by atoms with Crippen LogP contribution < -0.4 is 5.32 Å². The highest BCUT2D eigenvalue weighted by Crippen LogP contribution is 2.25. The van der Waals surface area contributed by atoms with Gasteiger partial charge in [0, 0.05) is 17.8 Å². The van der Waals surface area contributed by atoms with Gasteiger partial charge in [-0.25, -0.2) is 8.78 Å². The van der Waals surface area contributed by atoms with Crippen molar-refractivity contribution in [3.63, 3.8) is 0 Å². The molecular formula is C15H15F2NO. The van der Waals surface area contributed by atoms with E-state index in [1.54, 1.807) is 19.1 Å². The maximum absolute atomic E-state index is 13.5. The van der Waals surface area contributed by atoms with Gasteiger partial charge in [-0.3, -0.25) is 0 Å². The lowest BCUT2D eigenvalue weighted by atomic mass is 10.1. The first-order chi connectivity index (χ1) is 8.99. The summed E-state index contributed by atoms with van der Waals surface area (Å²) in [6.45, 7) is 3.65. The van der Waals surface area contributed by atoms with Gasteiger partial charge in [-0.1, -0.05) is 6.07 Å². The average molecular weight is 263 g/mol. The predicted octanol–water partition coefficient (Wildman–Crippen LogP) is 3.90. The Morgan fingerprint density at radius 2 is 1.68 bits per heavy atom. The fourth-order valence-electron chi connectivity index (χ4n) is 1.88. The molecule has 4 heteroatoms. The van der Waals surface area contributed by atoms with Crippen LogP contribution in [0.2, 0.25) is 0 Å². The first-order valence-electron chi connectivity index (χ1n) is 5.96. The van der Waals surface area contributed by atoms with Gasteiger partial charge in [0.15, 0.2) is 0 Å². The van der Waals surface area contributed by atoms with E-state index in [0.29, 0.717) is 5.56 Å². The Bertz CT molecular complexity index is 591. The number of anilines is 1. The molecule has 0 aliphatic carbocycles. The summed E-state index contributed by atoms with van der Waals surface area (Å²) in [7, 11) is 0. The fourth-order valence-corrected chi connectivity index (χ4v) is 1.88. The molecule has 0 fully saturated rings. The highest BCUT2D eigenvalue weighted by atomic mass is 19.1. The van der Waals surface area contributed by atoms with Gasteiger partial charge < -0.3 is 10.4 Å². The number of phenolic OH excluding ortho intramolecular Hbond substituents is 1. The van der Waals surface area contributed by atoms with Crippen molar-refractivity contribution in [3.05, 3.63) is 58.7 Å². The lowest BCUT2D eigenvalue weighted by Crippen LogP contribution is -2.05. The van der Waals surface area contributed by atoms with Crippen molar-refractivity contribution in [2.45, 2.75) is 20.4 Å². The molecule has 0 saturated heterocycles. The number of halogens is 2. The highest BCUT2D eigenvalue weighted by Gasteiger charge is 2.09. The number of aryl methyl sites for hydroxylation is 2. The van der Waals surface area contributed by atoms with Crippen molar-refractivity contribution in [1.29, 1.82) is 0 Å². The van der Waals surface area contributed by atoms with Crippen LogP contribution in [-0.2, 0) is 6.54 Å². The maximum atomic E-state index is 13.5. The molecule has 2 aromatic rings. The Labute approximate surface area is 110 Å². The summed E-state index contributed by atoms with van der Waals surface area (Å²) in [5, 5.41) is 12.5. The van der Waals surface area contributed by atoms with Crippen molar-refractivity contribution in [1.82, 2.24) is 0 Å². The van der Waals surface area contributed by atoms with Crippen LogP contribution >= 0.6 is 0 Å². The van der Waals surface area contributed by atoms with Crippen LogP contribution in [0.5, 0.6) is 5.75 Å². The minimum atomic E-state index is -0.569. The van der Waals surface area contributed by atoms with Crippen LogP contribution in [0, 0.1) is 25.5 Å². The Morgan fingerprint density at radius 1 is 1.05 bits per heavy atom. The van der Waals surface area contributed by atoms with Crippen LogP contribution in [0.15, 0.2) is 30.3 Å². The number of benzene rings is 2. The van der Waals surface area contributed by atoms with Gasteiger partial charge in [0.25, 0.3) is 0 Å². The van der Waals surface area contributed by atoms with E-state index >= 15 is 0 Å². The molecule has 0 aromatic heterocycles. The van der Waals surface area contributed by atoms with E-state index in [1.807, 2.05) is 6.92 Å². The minimum Gasteiger partial charge on any atom is -0.508 e. The zero-order valence-corrected chi connectivity index (χ0v) is 10.8. The lowest BCUT2D eigenvalue weighted by Gasteiger charge is -2.12. The van der Waals surface area contributed by atoms with Crippen molar-refractivity contribution in [3.8, 4) is 5.75 Å². The number of hydrogen-bond donors (Lipinski definition) is 2. The molecule has 0 aliphatic rings. The summed E-state index contributed by atoms with van der Waals surface area (Å²) in [5.74, 6) is -0.929. The molecule has 19 heavy (non-hydrogen) atoms. The molecule has 0 atom stereocenters. The molecule has 2 aromatic carbocycles. The van der Waals surface area contributed by atoms with Gasteiger partial charge in [0.2, 0.25) is 0 Å². The summed E-state index contributed by atoms with van der Waals surface area (Å²) in [6, 6.07) is 7.17. The highest BCUT2D eigenvalue weighted by molar-refractivity contribution is 5.56. The van der Waals surface area contributed by atoms with Crippen LogP contribution in [-0.4, -0.2) is 5.11 Å². The van der Waals surface area contributed by atoms with Crippen LogP contribution in [0.4, 0.5) is 14.5 Å². The van der Waals surface area contributed by atoms with Gasteiger partial charge in [-0.2, -0.15) is 0 Å². The normalized spacial score (nSPS) is 10.5. The van der Waals surface area contributed by atoms with Crippen molar-refractivity contribution in [2.75, 3.05) is 5.32 Å². The van der Waals surface area contributed by atoms with E-state index in [0.717, 1.165) is 11.3 Å². The zero-order chi connectivity index (χ0) is 14.0. The second-order valence-electron chi connectivity index (χ2n) is 4.51. The van der Waals surface area contributed by atoms with Gasteiger partial charge in [-0.05, 0) is 49.2 Å². The molecule has 100 valence electrons. The van der Waals surface area contributed by atoms with Crippen LogP contribution in [0.1, 0.15) is 16.7 Å². The van der Waals surface area contributed by atoms with E-state index in [2.05, 4.69) is 5.32 Å². The van der Waals surface area contributed by atoms with E-state index in [4.69, 9.17) is 0 Å². The Morgan fingerprint density at radius 3 is 2.32 bits per heavy atom. The van der Waals surface area contributed by atoms with E-state index in [-0.39, 0.29) is 17.9 Å². The van der Waals surface area contributed by atoms with Gasteiger partial charge >= 0.3 is 0 Å². The molecule has 0 aliphatic heterocycles. The standard InChI is InChI=1S/C15H15F2NO/c1-9-7-15(19)10(2)6-14(9)18-8-11-12(16)4-3-5-13(11)17/h3-7,18-19H,8H2,1-2H3. The van der Waals surface area contributed by atoms with E-state index in [9.17, 15) is 13.9 Å². The Hall–Kier alpha value is -2.10. The van der Waals surface area contributed by atoms with E-state index < -0.39 is 11.6 Å². The molecule has 2 N–H and O–H groups in total. The number of rotatable bonds is 3. The molecule has 0 radical (unpaired) electrons. The first kappa shape index (κ1) is 13.3. The SMILES string of the molecule is Cc1cc(NCc2c(F)cccc2F)c(C)cc1O. The summed E-state index contributed by atoms with van der Waals surface area (Å²) in [6.07, 6.45) is 0. The maximum Gasteiger partial charge on any atom is 0.131 e. The second kappa shape index (κ2) is 5.26. The summed E-state index contributed by atoms with van der Waals surface area (Å²) >= 11 is 0. The second-order valence-corrected chi connectivity index (χ2v) is 4.51. The third-order valence-corrected chi connectivity index (χ3v) is 3.06. The molecule has 2 nitrogen and oxygen atoms in total. The Kier molecular flexibility index (Phi) is 3.69. The monoisotopic (exact) mass is 263 g/mol. The van der Waals surface area contributed by atoms with E-state index in [1.165, 1.54) is 18.2 Å². The van der Waals surface area contributed by atoms with Gasteiger partial charge in [0.1, 0.15) is 17.4 Å². The molecule has 0 amide bonds. The number of nitrogens with one attached hydrogen (secondary N) is 1. The van der Waals surface area contributed by atoms with Crippen LogP contribution in [0.3, 0.4) is 0 Å². The molecule has 0 unspecified atom stereocenters. The topological polar surface area (TPSA) is 32.3 Å². The largest absolute Gasteiger partial charge is 0.508 e. The summed E-state index contributed by atoms with van der Waals surface area (Å²) in [5.41, 5.74) is 2.28. The van der Waals surface area contributed by atoms with Gasteiger partial charge in [0.05, 0.1) is 0 Å². The molecule has 0 spiro atoms. The molecule has 0 saturated carbocycles. The quantitative estimate of drug-likeness (QED) is 0.823. The van der Waals surface area contributed by atoms with Crippen molar-refractivity contribution < 1.29 is 13.9 Å². The third kappa shape index (κ3) is 2.84. The average Bonchev–Trinajstić information content (AvgIpc) is 2.34. The minimum absolute atomic E-state index is 0.00706. The fraction of sp³-hybridized carbons (Fsp3) is 0.200. The summed E-state index contributed by atoms with van der Waals surface area (Å²) < 4.78 is 27.0. The van der Waals surface area contributed by atoms with Crippen molar-refractivity contribution >= 4 is 5.69 Å². The van der Waals surface area contributed by atoms with Gasteiger partial charge in [-0.15, -0.1) is 0 Å². The zero-order valence-electron chi connectivity index (χ0n) is 10.8. The molecule has 2 rings (SSSR count). The molecular weight excluding hydrogens is 248 g/mol. The number of aromatic hydroxyl groups is 1. The predicted molar refractivity (Wildman–Crippen MR) is 71.3 cm³/mol.